The van der Waals surface area contributed by atoms with Crippen LogP contribution in [0.15, 0.2) is 36.4 Å². The molecule has 2 aromatic rings. The Morgan fingerprint density at radius 1 is 1.04 bits per heavy atom. The van der Waals surface area contributed by atoms with Gasteiger partial charge in [0.25, 0.3) is 5.91 Å². The quantitative estimate of drug-likeness (QED) is 0.722. The highest BCUT2D eigenvalue weighted by Crippen LogP contribution is 2.36. The van der Waals surface area contributed by atoms with Gasteiger partial charge in [0, 0.05) is 16.3 Å². The summed E-state index contributed by atoms with van der Waals surface area (Å²) in [5.74, 6) is 0.421. The number of hydrogen-bond donors (Lipinski definition) is 2. The fourth-order valence-electron chi connectivity index (χ4n) is 2.47. The second kappa shape index (κ2) is 7.05. The van der Waals surface area contributed by atoms with Crippen LogP contribution in [0, 0.1) is 0 Å². The Kier molecular flexibility index (Phi) is 5.32. The van der Waals surface area contributed by atoms with Gasteiger partial charge in [0.1, 0.15) is 5.75 Å². The largest absolute Gasteiger partial charge is 0.507 e. The third kappa shape index (κ3) is 4.05. The SMILES string of the molecule is CC(C)c1cc(NC(=O)c2cccc(Cl)c2)cc(C(C)C)c1O. The first-order chi connectivity index (χ1) is 10.8. The molecule has 3 nitrogen and oxygen atoms in total. The lowest BCUT2D eigenvalue weighted by Gasteiger charge is -2.18. The van der Waals surface area contributed by atoms with E-state index in [2.05, 4.69) is 5.32 Å². The second-order valence-electron chi connectivity index (χ2n) is 6.28. The fourth-order valence-corrected chi connectivity index (χ4v) is 2.66. The molecule has 0 heterocycles. The predicted molar refractivity (Wildman–Crippen MR) is 95.7 cm³/mol. The minimum absolute atomic E-state index is 0.163. The number of carbonyl (C=O) groups excluding carboxylic acids is 1. The van der Waals surface area contributed by atoms with E-state index in [1.54, 1.807) is 24.3 Å². The van der Waals surface area contributed by atoms with Gasteiger partial charge < -0.3 is 10.4 Å². The van der Waals surface area contributed by atoms with Crippen LogP contribution in [-0.4, -0.2) is 11.0 Å². The number of amides is 1. The van der Waals surface area contributed by atoms with E-state index < -0.39 is 0 Å². The molecule has 0 aliphatic heterocycles. The van der Waals surface area contributed by atoms with Crippen molar-refractivity contribution in [3.8, 4) is 5.75 Å². The van der Waals surface area contributed by atoms with E-state index in [4.69, 9.17) is 11.6 Å². The highest BCUT2D eigenvalue weighted by Gasteiger charge is 2.16. The van der Waals surface area contributed by atoms with Gasteiger partial charge in [-0.3, -0.25) is 4.79 Å². The Bertz CT molecular complexity index is 694. The Balaban J connectivity index is 2.38. The molecule has 0 bridgehead atoms. The lowest BCUT2D eigenvalue weighted by molar-refractivity contribution is 0.102. The van der Waals surface area contributed by atoms with E-state index in [1.165, 1.54) is 0 Å². The van der Waals surface area contributed by atoms with Crippen LogP contribution in [0.4, 0.5) is 5.69 Å². The lowest BCUT2D eigenvalue weighted by Crippen LogP contribution is -2.12. The molecule has 0 saturated heterocycles. The summed E-state index contributed by atoms with van der Waals surface area (Å²) in [5.41, 5.74) is 2.85. The normalized spacial score (nSPS) is 11.1. The minimum atomic E-state index is -0.220. The maximum Gasteiger partial charge on any atom is 0.255 e. The van der Waals surface area contributed by atoms with Gasteiger partial charge >= 0.3 is 0 Å². The number of phenolic OH excluding ortho intramolecular Hbond substituents is 1. The van der Waals surface area contributed by atoms with Gasteiger partial charge in [-0.15, -0.1) is 0 Å². The van der Waals surface area contributed by atoms with E-state index in [0.717, 1.165) is 11.1 Å². The highest BCUT2D eigenvalue weighted by molar-refractivity contribution is 6.31. The fraction of sp³-hybridized carbons (Fsp3) is 0.316. The molecule has 2 N–H and O–H groups in total. The van der Waals surface area contributed by atoms with Crippen LogP contribution in [0.5, 0.6) is 5.75 Å². The molecule has 0 unspecified atom stereocenters. The van der Waals surface area contributed by atoms with Crippen LogP contribution in [0.2, 0.25) is 5.02 Å². The summed E-state index contributed by atoms with van der Waals surface area (Å²) in [4.78, 5) is 12.4. The summed E-state index contributed by atoms with van der Waals surface area (Å²) >= 11 is 5.93. The number of halogens is 1. The number of phenols is 1. The van der Waals surface area contributed by atoms with E-state index in [1.807, 2.05) is 39.8 Å². The van der Waals surface area contributed by atoms with Crippen molar-refractivity contribution in [2.45, 2.75) is 39.5 Å². The predicted octanol–water partition coefficient (Wildman–Crippen LogP) is 5.54. The highest BCUT2D eigenvalue weighted by atomic mass is 35.5. The van der Waals surface area contributed by atoms with E-state index in [-0.39, 0.29) is 17.7 Å². The van der Waals surface area contributed by atoms with Crippen LogP contribution >= 0.6 is 11.6 Å². The van der Waals surface area contributed by atoms with Gasteiger partial charge in [-0.2, -0.15) is 0 Å². The monoisotopic (exact) mass is 331 g/mol. The molecule has 0 atom stereocenters. The number of rotatable bonds is 4. The van der Waals surface area contributed by atoms with Gasteiger partial charge in [0.2, 0.25) is 0 Å². The van der Waals surface area contributed by atoms with Gasteiger partial charge in [-0.1, -0.05) is 45.4 Å². The summed E-state index contributed by atoms with van der Waals surface area (Å²) in [6.07, 6.45) is 0. The number of nitrogens with one attached hydrogen (secondary N) is 1. The van der Waals surface area contributed by atoms with Gasteiger partial charge in [0.05, 0.1) is 0 Å². The maximum atomic E-state index is 12.4. The molecule has 4 heteroatoms. The van der Waals surface area contributed by atoms with Crippen molar-refractivity contribution in [3.63, 3.8) is 0 Å². The zero-order valence-electron chi connectivity index (χ0n) is 13.9. The first-order valence-corrected chi connectivity index (χ1v) is 8.11. The van der Waals surface area contributed by atoms with Gasteiger partial charge in [-0.25, -0.2) is 0 Å². The molecule has 0 spiro atoms. The first kappa shape index (κ1) is 17.4. The van der Waals surface area contributed by atoms with Crippen molar-refractivity contribution in [1.29, 1.82) is 0 Å². The standard InChI is InChI=1S/C19H22ClNO2/c1-11(2)16-9-15(10-17(12(3)4)18(16)22)21-19(23)13-6-5-7-14(20)8-13/h5-12,22H,1-4H3,(H,21,23). The average molecular weight is 332 g/mol. The molecule has 0 aliphatic carbocycles. The molecule has 1 amide bonds. The number of benzene rings is 2. The summed E-state index contributed by atoms with van der Waals surface area (Å²) in [5, 5.41) is 13.8. The zero-order chi connectivity index (χ0) is 17.1. The number of aromatic hydroxyl groups is 1. The van der Waals surface area contributed by atoms with Crippen LogP contribution in [0.3, 0.4) is 0 Å². The smallest absolute Gasteiger partial charge is 0.255 e. The summed E-state index contributed by atoms with van der Waals surface area (Å²) in [6, 6.07) is 10.5. The topological polar surface area (TPSA) is 49.3 Å². The molecule has 0 saturated carbocycles. The third-order valence-electron chi connectivity index (χ3n) is 3.76. The number of carbonyl (C=O) groups is 1. The maximum absolute atomic E-state index is 12.4. The molecule has 23 heavy (non-hydrogen) atoms. The lowest BCUT2D eigenvalue weighted by atomic mass is 9.93. The van der Waals surface area contributed by atoms with Crippen LogP contribution in [-0.2, 0) is 0 Å². The average Bonchev–Trinajstić information content (AvgIpc) is 2.48. The molecule has 0 aromatic heterocycles. The molecular formula is C19H22ClNO2. The molecule has 0 aliphatic rings. The van der Waals surface area contributed by atoms with Crippen LogP contribution in [0.25, 0.3) is 0 Å². The first-order valence-electron chi connectivity index (χ1n) is 7.73. The molecule has 0 radical (unpaired) electrons. The molecule has 2 aromatic carbocycles. The molecule has 0 fully saturated rings. The molecule has 2 rings (SSSR count). The van der Waals surface area contributed by atoms with Crippen molar-refractivity contribution in [3.05, 3.63) is 58.1 Å². The van der Waals surface area contributed by atoms with E-state index in [0.29, 0.717) is 22.0 Å². The van der Waals surface area contributed by atoms with Crippen molar-refractivity contribution in [2.75, 3.05) is 5.32 Å². The van der Waals surface area contributed by atoms with Crippen molar-refractivity contribution < 1.29 is 9.90 Å². The Morgan fingerprint density at radius 2 is 1.61 bits per heavy atom. The van der Waals surface area contributed by atoms with E-state index >= 15 is 0 Å². The van der Waals surface area contributed by atoms with Crippen LogP contribution < -0.4 is 5.32 Å². The Labute approximate surface area is 142 Å². The number of hydrogen-bond acceptors (Lipinski definition) is 2. The van der Waals surface area contributed by atoms with Crippen molar-refractivity contribution in [1.82, 2.24) is 0 Å². The summed E-state index contributed by atoms with van der Waals surface area (Å²) < 4.78 is 0. The Morgan fingerprint density at radius 3 is 2.09 bits per heavy atom. The summed E-state index contributed by atoms with van der Waals surface area (Å²) in [6.45, 7) is 8.06. The zero-order valence-corrected chi connectivity index (χ0v) is 14.6. The molecular weight excluding hydrogens is 310 g/mol. The van der Waals surface area contributed by atoms with Crippen LogP contribution in [0.1, 0.15) is 61.0 Å². The summed E-state index contributed by atoms with van der Waals surface area (Å²) in [7, 11) is 0. The molecule has 122 valence electrons. The number of anilines is 1. The second-order valence-corrected chi connectivity index (χ2v) is 6.71. The van der Waals surface area contributed by atoms with Crippen molar-refractivity contribution in [2.24, 2.45) is 0 Å². The minimum Gasteiger partial charge on any atom is -0.507 e. The van der Waals surface area contributed by atoms with Gasteiger partial charge in [0.15, 0.2) is 0 Å². The third-order valence-corrected chi connectivity index (χ3v) is 3.99. The Hall–Kier alpha value is -2.00. The van der Waals surface area contributed by atoms with Gasteiger partial charge in [-0.05, 0) is 53.3 Å². The van der Waals surface area contributed by atoms with Crippen molar-refractivity contribution >= 4 is 23.2 Å². The van der Waals surface area contributed by atoms with E-state index in [9.17, 15) is 9.90 Å².